The zero-order valence-electron chi connectivity index (χ0n) is 6.70. The van der Waals surface area contributed by atoms with Crippen molar-refractivity contribution in [2.24, 2.45) is 0 Å². The summed E-state index contributed by atoms with van der Waals surface area (Å²) in [6, 6.07) is 0. The predicted octanol–water partition coefficient (Wildman–Crippen LogP) is -0.343. The van der Waals surface area contributed by atoms with Gasteiger partial charge in [0.05, 0.1) is 0 Å². The predicted molar refractivity (Wildman–Crippen MR) is 43.4 cm³/mol. The van der Waals surface area contributed by atoms with Crippen LogP contribution in [0.2, 0.25) is 0 Å². The molecule has 2 rings (SSSR count). The Bertz CT molecular complexity index is 256. The highest BCUT2D eigenvalue weighted by Crippen LogP contribution is 2.25. The molecule has 0 radical (unpaired) electrons. The molecule has 1 aliphatic rings. The van der Waals surface area contributed by atoms with E-state index in [-0.39, 0.29) is 0 Å². The highest BCUT2D eigenvalue weighted by atomic mass is 16.3. The van der Waals surface area contributed by atoms with Crippen LogP contribution in [0, 0.1) is 0 Å². The monoisotopic (exact) mass is 165 g/mol. The van der Waals surface area contributed by atoms with Crippen molar-refractivity contribution in [3.8, 4) is 0 Å². The zero-order valence-corrected chi connectivity index (χ0v) is 6.70. The Morgan fingerprint density at radius 2 is 2.17 bits per heavy atom. The van der Waals surface area contributed by atoms with Gasteiger partial charge in [-0.3, -0.25) is 0 Å². The Hall–Kier alpha value is -1.00. The minimum Gasteiger partial charge on any atom is -0.384 e. The van der Waals surface area contributed by atoms with E-state index in [1.165, 1.54) is 6.33 Å². The third-order valence-electron chi connectivity index (χ3n) is 2.23. The Kier molecular flexibility index (Phi) is 1.78. The summed E-state index contributed by atoms with van der Waals surface area (Å²) in [5.74, 6) is 0. The number of hydrogen-bond acceptors (Lipinski definition) is 4. The topological polar surface area (TPSA) is 58.0 Å². The van der Waals surface area contributed by atoms with Gasteiger partial charge in [-0.2, -0.15) is 0 Å². The van der Waals surface area contributed by atoms with E-state index in [9.17, 15) is 5.11 Å². The number of nitrogens with one attached hydrogen (secondary N) is 1. The minimum absolute atomic E-state index is 0.598. The molecular weight excluding hydrogens is 154 g/mol. The largest absolute Gasteiger partial charge is 0.384 e. The fourth-order valence-electron chi connectivity index (χ4n) is 1.46. The van der Waals surface area contributed by atoms with Crippen LogP contribution in [0.1, 0.15) is 12.0 Å². The van der Waals surface area contributed by atoms with Crippen molar-refractivity contribution in [2.75, 3.05) is 13.1 Å². The van der Waals surface area contributed by atoms with Gasteiger partial charge in [0.25, 0.3) is 0 Å². The van der Waals surface area contributed by atoms with Crippen LogP contribution in [0.4, 0.5) is 0 Å². The van der Waals surface area contributed by atoms with E-state index in [1.54, 1.807) is 12.4 Å². The summed E-state index contributed by atoms with van der Waals surface area (Å²) in [4.78, 5) is 7.75. The van der Waals surface area contributed by atoms with Crippen LogP contribution < -0.4 is 5.32 Å². The van der Waals surface area contributed by atoms with Gasteiger partial charge in [0.2, 0.25) is 0 Å². The van der Waals surface area contributed by atoms with Gasteiger partial charge in [-0.05, 0) is 13.0 Å². The first-order valence-electron chi connectivity index (χ1n) is 4.00. The summed E-state index contributed by atoms with van der Waals surface area (Å²) in [5.41, 5.74) is 0.0522. The molecule has 0 unspecified atom stereocenters. The summed E-state index contributed by atoms with van der Waals surface area (Å²) in [6.07, 6.45) is 5.54. The lowest BCUT2D eigenvalue weighted by Crippen LogP contribution is -2.28. The molecule has 0 saturated carbocycles. The first-order chi connectivity index (χ1) is 5.81. The Morgan fingerprint density at radius 3 is 2.75 bits per heavy atom. The van der Waals surface area contributed by atoms with Gasteiger partial charge in [0, 0.05) is 24.5 Å². The van der Waals surface area contributed by atoms with Crippen LogP contribution in [-0.4, -0.2) is 28.2 Å². The lowest BCUT2D eigenvalue weighted by atomic mass is 9.96. The van der Waals surface area contributed by atoms with Crippen LogP contribution in [0.3, 0.4) is 0 Å². The van der Waals surface area contributed by atoms with E-state index in [1.807, 2.05) is 0 Å². The van der Waals surface area contributed by atoms with E-state index >= 15 is 0 Å². The van der Waals surface area contributed by atoms with E-state index in [0.29, 0.717) is 6.54 Å². The molecule has 12 heavy (non-hydrogen) atoms. The first kappa shape index (κ1) is 7.64. The molecule has 2 heterocycles. The second-order valence-electron chi connectivity index (χ2n) is 3.09. The number of aliphatic hydroxyl groups is 1. The van der Waals surface area contributed by atoms with E-state index in [4.69, 9.17) is 0 Å². The molecule has 2 N–H and O–H groups in total. The van der Waals surface area contributed by atoms with Crippen molar-refractivity contribution in [3.05, 3.63) is 24.3 Å². The molecule has 1 aliphatic heterocycles. The molecule has 0 aliphatic carbocycles. The van der Waals surface area contributed by atoms with E-state index in [0.717, 1.165) is 18.5 Å². The normalized spacial score (nSPS) is 29.1. The van der Waals surface area contributed by atoms with Crippen molar-refractivity contribution in [1.82, 2.24) is 15.3 Å². The maximum Gasteiger partial charge on any atom is 0.115 e. The van der Waals surface area contributed by atoms with Crippen LogP contribution in [0.25, 0.3) is 0 Å². The van der Waals surface area contributed by atoms with Gasteiger partial charge in [0.15, 0.2) is 0 Å². The molecule has 1 saturated heterocycles. The summed E-state index contributed by atoms with van der Waals surface area (Å²) in [6.45, 7) is 1.45. The molecule has 0 bridgehead atoms. The Labute approximate surface area is 70.7 Å². The molecular formula is C8H11N3O. The minimum atomic E-state index is -0.749. The standard InChI is InChI=1S/C8H11N3O/c12-8(1-2-9-5-8)7-3-10-6-11-4-7/h3-4,6,9,12H,1-2,5H2/t8-/m1/s1. The average molecular weight is 165 g/mol. The van der Waals surface area contributed by atoms with Crippen LogP contribution in [0.5, 0.6) is 0 Å². The Balaban J connectivity index is 2.29. The molecule has 0 aromatic carbocycles. The van der Waals surface area contributed by atoms with Gasteiger partial charge in [-0.1, -0.05) is 0 Å². The van der Waals surface area contributed by atoms with Gasteiger partial charge in [-0.25, -0.2) is 9.97 Å². The van der Waals surface area contributed by atoms with Crippen molar-refractivity contribution in [2.45, 2.75) is 12.0 Å². The van der Waals surface area contributed by atoms with Crippen LogP contribution in [0.15, 0.2) is 18.7 Å². The molecule has 4 heteroatoms. The number of aromatic nitrogens is 2. The maximum atomic E-state index is 10.0. The summed E-state index contributed by atoms with van der Waals surface area (Å²) in [7, 11) is 0. The second-order valence-corrected chi connectivity index (χ2v) is 3.09. The summed E-state index contributed by atoms with van der Waals surface area (Å²) >= 11 is 0. The van der Waals surface area contributed by atoms with Crippen LogP contribution >= 0.6 is 0 Å². The van der Waals surface area contributed by atoms with E-state index in [2.05, 4.69) is 15.3 Å². The highest BCUT2D eigenvalue weighted by Gasteiger charge is 2.33. The molecule has 4 nitrogen and oxygen atoms in total. The highest BCUT2D eigenvalue weighted by molar-refractivity contribution is 5.16. The third-order valence-corrected chi connectivity index (χ3v) is 2.23. The fourth-order valence-corrected chi connectivity index (χ4v) is 1.46. The van der Waals surface area contributed by atoms with Crippen molar-refractivity contribution < 1.29 is 5.11 Å². The van der Waals surface area contributed by atoms with Gasteiger partial charge in [-0.15, -0.1) is 0 Å². The van der Waals surface area contributed by atoms with Gasteiger partial charge < -0.3 is 10.4 Å². The van der Waals surface area contributed by atoms with Crippen molar-refractivity contribution in [3.63, 3.8) is 0 Å². The van der Waals surface area contributed by atoms with Gasteiger partial charge in [0.1, 0.15) is 11.9 Å². The quantitative estimate of drug-likeness (QED) is 0.597. The molecule has 1 atom stereocenters. The van der Waals surface area contributed by atoms with Gasteiger partial charge >= 0.3 is 0 Å². The number of rotatable bonds is 1. The summed E-state index contributed by atoms with van der Waals surface area (Å²) < 4.78 is 0. The first-order valence-corrected chi connectivity index (χ1v) is 4.00. The fraction of sp³-hybridized carbons (Fsp3) is 0.500. The lowest BCUT2D eigenvalue weighted by Gasteiger charge is -2.20. The maximum absolute atomic E-state index is 10.0. The molecule has 1 fully saturated rings. The molecule has 64 valence electrons. The second kappa shape index (κ2) is 2.80. The summed E-state index contributed by atoms with van der Waals surface area (Å²) in [5, 5.41) is 13.1. The van der Waals surface area contributed by atoms with Crippen molar-refractivity contribution >= 4 is 0 Å². The number of nitrogens with zero attached hydrogens (tertiary/aromatic N) is 2. The molecule has 1 aromatic heterocycles. The Morgan fingerprint density at radius 1 is 1.42 bits per heavy atom. The van der Waals surface area contributed by atoms with Crippen LogP contribution in [-0.2, 0) is 5.60 Å². The zero-order chi connectivity index (χ0) is 8.44. The molecule has 0 amide bonds. The number of hydrogen-bond donors (Lipinski definition) is 2. The van der Waals surface area contributed by atoms with Crippen molar-refractivity contribution in [1.29, 1.82) is 0 Å². The smallest absolute Gasteiger partial charge is 0.115 e. The average Bonchev–Trinajstić information content (AvgIpc) is 2.55. The number of β-amino-alcohol motifs (C(OH)–C–C–N with tert-alkyl or cyclic N) is 1. The third kappa shape index (κ3) is 1.19. The molecule has 0 spiro atoms. The SMILES string of the molecule is O[C@]1(c2cncnc2)CCNC1. The lowest BCUT2D eigenvalue weighted by molar-refractivity contribution is 0.0580. The van der Waals surface area contributed by atoms with E-state index < -0.39 is 5.60 Å². The molecule has 1 aromatic rings.